The van der Waals surface area contributed by atoms with Crippen LogP contribution in [-0.4, -0.2) is 11.1 Å². The third kappa shape index (κ3) is 4.64. The highest BCUT2D eigenvalue weighted by atomic mass is 32.1. The molecule has 3 aromatic rings. The number of carbonyl (C=O) groups excluding carboxylic acids is 1. The maximum atomic E-state index is 12.1. The lowest BCUT2D eigenvalue weighted by Gasteiger charge is -2.08. The molecule has 26 heavy (non-hydrogen) atoms. The molecule has 0 unspecified atom stereocenters. The zero-order valence-electron chi connectivity index (χ0n) is 14.2. The van der Waals surface area contributed by atoms with Gasteiger partial charge in [-0.2, -0.15) is 0 Å². The van der Waals surface area contributed by atoms with Gasteiger partial charge in [-0.15, -0.1) is 11.3 Å². The normalized spacial score (nSPS) is 10.2. The van der Waals surface area contributed by atoms with Gasteiger partial charge in [0.25, 0.3) is 0 Å². The van der Waals surface area contributed by atoms with Crippen LogP contribution in [0.25, 0.3) is 5.57 Å². The molecular formula is C20H18N2O3S. The first-order valence-corrected chi connectivity index (χ1v) is 8.77. The number of benzene rings is 2. The number of rotatable bonds is 5. The largest absolute Gasteiger partial charge is 0.508 e. The summed E-state index contributed by atoms with van der Waals surface area (Å²) in [7, 11) is 0. The van der Waals surface area contributed by atoms with Crippen molar-refractivity contribution in [1.29, 1.82) is 0 Å². The molecule has 2 aromatic carbocycles. The van der Waals surface area contributed by atoms with Gasteiger partial charge in [-0.1, -0.05) is 6.58 Å². The minimum Gasteiger partial charge on any atom is -0.508 e. The number of urea groups is 1. The monoisotopic (exact) mass is 366 g/mol. The molecule has 132 valence electrons. The van der Waals surface area contributed by atoms with Crippen LogP contribution in [0, 0.1) is 0 Å². The minimum absolute atomic E-state index is 0.184. The maximum absolute atomic E-state index is 12.1. The van der Waals surface area contributed by atoms with Gasteiger partial charge in [0, 0.05) is 15.9 Å². The van der Waals surface area contributed by atoms with Gasteiger partial charge in [0.15, 0.2) is 0 Å². The van der Waals surface area contributed by atoms with Gasteiger partial charge in [0.05, 0.1) is 5.69 Å². The maximum Gasteiger partial charge on any atom is 0.323 e. The third-order valence-corrected chi connectivity index (χ3v) is 4.55. The van der Waals surface area contributed by atoms with Crippen molar-refractivity contribution in [3.63, 3.8) is 0 Å². The summed E-state index contributed by atoms with van der Waals surface area (Å²) in [6, 6.07) is 15.1. The SMILES string of the molecule is C=C(C)c1cc(NC(=O)Nc2ccc(Oc3ccc(O)cc3)cc2)cs1. The van der Waals surface area contributed by atoms with Crippen molar-refractivity contribution in [2.45, 2.75) is 6.92 Å². The van der Waals surface area contributed by atoms with Crippen LogP contribution < -0.4 is 15.4 Å². The molecule has 0 saturated carbocycles. The Morgan fingerprint density at radius 1 is 1.00 bits per heavy atom. The smallest absolute Gasteiger partial charge is 0.323 e. The van der Waals surface area contributed by atoms with E-state index >= 15 is 0 Å². The number of hydrogen-bond acceptors (Lipinski definition) is 4. The topological polar surface area (TPSA) is 70.6 Å². The molecule has 0 aliphatic rings. The molecule has 2 amide bonds. The molecule has 0 atom stereocenters. The van der Waals surface area contributed by atoms with Crippen molar-refractivity contribution in [2.24, 2.45) is 0 Å². The van der Waals surface area contributed by atoms with Crippen molar-refractivity contribution >= 4 is 34.3 Å². The van der Waals surface area contributed by atoms with Gasteiger partial charge in [0.1, 0.15) is 17.2 Å². The van der Waals surface area contributed by atoms with E-state index in [4.69, 9.17) is 4.74 Å². The number of nitrogens with one attached hydrogen (secondary N) is 2. The molecule has 0 bridgehead atoms. The molecule has 1 heterocycles. The van der Waals surface area contributed by atoms with E-state index in [9.17, 15) is 9.90 Å². The summed E-state index contributed by atoms with van der Waals surface area (Å²) in [6.07, 6.45) is 0. The molecule has 5 nitrogen and oxygen atoms in total. The lowest BCUT2D eigenvalue weighted by Crippen LogP contribution is -2.18. The highest BCUT2D eigenvalue weighted by Gasteiger charge is 2.06. The van der Waals surface area contributed by atoms with E-state index in [0.29, 0.717) is 17.2 Å². The molecule has 0 spiro atoms. The standard InChI is InChI=1S/C20H18N2O3S/c1-13(2)19-11-15(12-26-19)22-20(24)21-14-3-7-17(8-4-14)25-18-9-5-16(23)6-10-18/h3-12,23H,1H2,2H3,(H2,21,22,24). The quantitative estimate of drug-likeness (QED) is 0.524. The fourth-order valence-electron chi connectivity index (χ4n) is 2.18. The first kappa shape index (κ1) is 17.6. The zero-order valence-corrected chi connectivity index (χ0v) is 15.0. The van der Waals surface area contributed by atoms with Crippen molar-refractivity contribution in [2.75, 3.05) is 10.6 Å². The van der Waals surface area contributed by atoms with E-state index < -0.39 is 0 Å². The number of anilines is 2. The lowest BCUT2D eigenvalue weighted by atomic mass is 10.3. The zero-order chi connectivity index (χ0) is 18.5. The third-order valence-electron chi connectivity index (χ3n) is 3.46. The van der Waals surface area contributed by atoms with Crippen LogP contribution in [-0.2, 0) is 0 Å². The van der Waals surface area contributed by atoms with Crippen molar-refractivity contribution < 1.29 is 14.6 Å². The van der Waals surface area contributed by atoms with Crippen LogP contribution >= 0.6 is 11.3 Å². The van der Waals surface area contributed by atoms with Crippen LogP contribution in [0.3, 0.4) is 0 Å². The predicted molar refractivity (Wildman–Crippen MR) is 106 cm³/mol. The van der Waals surface area contributed by atoms with Gasteiger partial charge >= 0.3 is 6.03 Å². The summed E-state index contributed by atoms with van der Waals surface area (Å²) in [4.78, 5) is 13.1. The molecule has 3 N–H and O–H groups in total. The fourth-order valence-corrected chi connectivity index (χ4v) is 2.95. The van der Waals surface area contributed by atoms with E-state index in [2.05, 4.69) is 17.2 Å². The predicted octanol–water partition coefficient (Wildman–Crippen LogP) is 5.92. The number of amides is 2. The molecule has 3 rings (SSSR count). The van der Waals surface area contributed by atoms with Gasteiger partial charge in [-0.3, -0.25) is 0 Å². The number of phenolic OH excluding ortho intramolecular Hbond substituents is 1. The Hall–Kier alpha value is -3.25. The molecule has 6 heteroatoms. The van der Waals surface area contributed by atoms with Gasteiger partial charge < -0.3 is 20.5 Å². The van der Waals surface area contributed by atoms with Crippen LogP contribution in [0.5, 0.6) is 17.2 Å². The van der Waals surface area contributed by atoms with Gasteiger partial charge in [-0.05, 0) is 67.1 Å². The first-order valence-electron chi connectivity index (χ1n) is 7.89. The average Bonchev–Trinajstić information content (AvgIpc) is 3.07. The fraction of sp³-hybridized carbons (Fsp3) is 0.0500. The molecular weight excluding hydrogens is 348 g/mol. The number of ether oxygens (including phenoxy) is 1. The second-order valence-electron chi connectivity index (χ2n) is 5.68. The average molecular weight is 366 g/mol. The summed E-state index contributed by atoms with van der Waals surface area (Å²) in [5, 5.41) is 16.7. The van der Waals surface area contributed by atoms with E-state index in [1.165, 1.54) is 11.3 Å². The number of thiophene rings is 1. The van der Waals surface area contributed by atoms with Gasteiger partial charge in [0.2, 0.25) is 0 Å². The Morgan fingerprint density at radius 2 is 1.58 bits per heavy atom. The number of carbonyl (C=O) groups is 1. The molecule has 0 aliphatic carbocycles. The second kappa shape index (κ2) is 7.76. The van der Waals surface area contributed by atoms with E-state index in [1.54, 1.807) is 48.5 Å². The van der Waals surface area contributed by atoms with E-state index in [1.807, 2.05) is 18.4 Å². The highest BCUT2D eigenvalue weighted by molar-refractivity contribution is 7.11. The Kier molecular flexibility index (Phi) is 5.24. The highest BCUT2D eigenvalue weighted by Crippen LogP contribution is 2.26. The molecule has 1 aromatic heterocycles. The summed E-state index contributed by atoms with van der Waals surface area (Å²) in [5.74, 6) is 1.43. The van der Waals surface area contributed by atoms with Crippen LogP contribution in [0.2, 0.25) is 0 Å². The number of aromatic hydroxyl groups is 1. The number of allylic oxidation sites excluding steroid dienone is 1. The molecule has 0 fully saturated rings. The summed E-state index contributed by atoms with van der Waals surface area (Å²) >= 11 is 1.54. The number of hydrogen-bond donors (Lipinski definition) is 3. The second-order valence-corrected chi connectivity index (χ2v) is 6.59. The van der Waals surface area contributed by atoms with Crippen LogP contribution in [0.4, 0.5) is 16.2 Å². The summed E-state index contributed by atoms with van der Waals surface area (Å²) < 4.78 is 5.67. The lowest BCUT2D eigenvalue weighted by molar-refractivity contribution is 0.262. The summed E-state index contributed by atoms with van der Waals surface area (Å²) in [5.41, 5.74) is 2.35. The van der Waals surface area contributed by atoms with E-state index in [0.717, 1.165) is 16.1 Å². The van der Waals surface area contributed by atoms with Crippen LogP contribution in [0.1, 0.15) is 11.8 Å². The van der Waals surface area contributed by atoms with Crippen molar-refractivity contribution in [1.82, 2.24) is 0 Å². The first-order chi connectivity index (χ1) is 12.5. The number of phenols is 1. The minimum atomic E-state index is -0.316. The Morgan fingerprint density at radius 3 is 2.15 bits per heavy atom. The van der Waals surface area contributed by atoms with Crippen LogP contribution in [0.15, 0.2) is 66.6 Å². The Bertz CT molecular complexity index is 915. The summed E-state index contributed by atoms with van der Waals surface area (Å²) in [6.45, 7) is 5.81. The van der Waals surface area contributed by atoms with Crippen molar-refractivity contribution in [3.8, 4) is 17.2 Å². The molecule has 0 aliphatic heterocycles. The van der Waals surface area contributed by atoms with E-state index in [-0.39, 0.29) is 11.8 Å². The Balaban J connectivity index is 1.57. The molecule has 0 saturated heterocycles. The Labute approximate surface area is 155 Å². The van der Waals surface area contributed by atoms with Crippen molar-refractivity contribution in [3.05, 3.63) is 71.4 Å². The van der Waals surface area contributed by atoms with Gasteiger partial charge in [-0.25, -0.2) is 4.79 Å². The molecule has 0 radical (unpaired) electrons.